The van der Waals surface area contributed by atoms with E-state index in [1.807, 2.05) is 13.8 Å². The first kappa shape index (κ1) is 13.1. The van der Waals surface area contributed by atoms with Gasteiger partial charge in [-0.05, 0) is 13.8 Å². The quantitative estimate of drug-likeness (QED) is 0.352. The molecule has 4 nitrogen and oxygen atoms in total. The van der Waals surface area contributed by atoms with Gasteiger partial charge in [0, 0.05) is 20.3 Å². The number of hydrogen-bond donors (Lipinski definition) is 0. The topological polar surface area (TPSA) is 40.2 Å². The van der Waals surface area contributed by atoms with Gasteiger partial charge in [-0.25, -0.2) is 0 Å². The third kappa shape index (κ3) is 12.1. The van der Waals surface area contributed by atoms with Crippen LogP contribution in [0.25, 0.3) is 0 Å². The summed E-state index contributed by atoms with van der Waals surface area (Å²) < 4.78 is 19.5. The Kier molecular flexibility index (Phi) is 10.2. The first-order valence-electron chi connectivity index (χ1n) is 4.61. The van der Waals surface area contributed by atoms with Crippen LogP contribution in [0.3, 0.4) is 0 Å². The fraction of sp³-hybridized carbons (Fsp3) is 1.00. The normalized spacial score (nSPS) is 19.2. The Bertz CT molecular complexity index is 94.1. The third-order valence-electron chi connectivity index (χ3n) is 1.33. The van der Waals surface area contributed by atoms with Gasteiger partial charge in [0.2, 0.25) is 0 Å². The minimum absolute atomic E-state index is 0.426. The monoisotopic (exact) mass is 208 g/mol. The standard InChI is InChI=1S/C4H12O2Si.C4H8O2/c1-3-5-7-6-4-2;1-5-2-4-3-6-4/h3-4,7H2,1-2H3;4H,2-3H2,1H3. The Morgan fingerprint density at radius 1 is 1.31 bits per heavy atom. The second kappa shape index (κ2) is 10.1. The molecule has 80 valence electrons. The summed E-state index contributed by atoms with van der Waals surface area (Å²) in [4.78, 5) is 0. The van der Waals surface area contributed by atoms with Crippen molar-refractivity contribution in [1.82, 2.24) is 0 Å². The van der Waals surface area contributed by atoms with Gasteiger partial charge in [0.05, 0.1) is 13.2 Å². The lowest BCUT2D eigenvalue weighted by Gasteiger charge is -1.96. The average Bonchev–Trinajstić information content (AvgIpc) is 2.91. The molecule has 0 spiro atoms. The molecule has 1 aliphatic rings. The molecule has 1 atom stereocenters. The maximum absolute atomic E-state index is 4.99. The molecule has 1 heterocycles. The zero-order valence-electron chi connectivity index (χ0n) is 8.75. The Hall–Kier alpha value is 0.0569. The molecule has 0 radical (unpaired) electrons. The Labute approximate surface area is 82.6 Å². The van der Waals surface area contributed by atoms with Crippen molar-refractivity contribution in [1.29, 1.82) is 0 Å². The molecule has 1 fully saturated rings. The SMILES string of the molecule is CCO[SiH2]OCC.COCC1CO1. The van der Waals surface area contributed by atoms with Gasteiger partial charge in [0.15, 0.2) is 0 Å². The number of epoxide rings is 1. The van der Waals surface area contributed by atoms with Crippen LogP contribution in [-0.2, 0) is 18.3 Å². The van der Waals surface area contributed by atoms with E-state index in [0.29, 0.717) is 6.10 Å². The molecule has 0 bridgehead atoms. The molecule has 5 heteroatoms. The van der Waals surface area contributed by atoms with Crippen molar-refractivity contribution in [2.24, 2.45) is 0 Å². The van der Waals surface area contributed by atoms with Crippen molar-refractivity contribution >= 4 is 10.0 Å². The van der Waals surface area contributed by atoms with Crippen molar-refractivity contribution in [2.75, 3.05) is 33.5 Å². The van der Waals surface area contributed by atoms with E-state index < -0.39 is 10.0 Å². The maximum atomic E-state index is 4.99. The molecule has 0 N–H and O–H groups in total. The molecule has 0 saturated carbocycles. The van der Waals surface area contributed by atoms with Gasteiger partial charge in [0.1, 0.15) is 6.10 Å². The van der Waals surface area contributed by atoms with Crippen LogP contribution >= 0.6 is 0 Å². The van der Waals surface area contributed by atoms with E-state index in [0.717, 1.165) is 26.4 Å². The molecule has 0 amide bonds. The Balaban J connectivity index is 0.000000223. The molecule has 0 aromatic carbocycles. The van der Waals surface area contributed by atoms with Gasteiger partial charge in [0.25, 0.3) is 0 Å². The van der Waals surface area contributed by atoms with Crippen LogP contribution < -0.4 is 0 Å². The van der Waals surface area contributed by atoms with Crippen LogP contribution in [0.4, 0.5) is 0 Å². The Morgan fingerprint density at radius 2 is 1.85 bits per heavy atom. The summed E-state index contributed by atoms with van der Waals surface area (Å²) in [6.07, 6.45) is 0.426. The van der Waals surface area contributed by atoms with Gasteiger partial charge in [-0.1, -0.05) is 0 Å². The minimum Gasteiger partial charge on any atom is -0.399 e. The maximum Gasteiger partial charge on any atom is 0.304 e. The first-order valence-corrected chi connectivity index (χ1v) is 5.76. The van der Waals surface area contributed by atoms with Gasteiger partial charge in [-0.2, -0.15) is 0 Å². The predicted molar refractivity (Wildman–Crippen MR) is 53.4 cm³/mol. The van der Waals surface area contributed by atoms with Crippen LogP contribution in [0.15, 0.2) is 0 Å². The molecule has 0 aliphatic carbocycles. The van der Waals surface area contributed by atoms with E-state index in [1.165, 1.54) is 0 Å². The summed E-state index contributed by atoms with van der Waals surface area (Å²) in [6.45, 7) is 7.21. The van der Waals surface area contributed by atoms with Gasteiger partial charge in [-0.3, -0.25) is 0 Å². The lowest BCUT2D eigenvalue weighted by Crippen LogP contribution is -2.02. The molecular formula is C8H20O4Si. The van der Waals surface area contributed by atoms with Crippen molar-refractivity contribution in [3.63, 3.8) is 0 Å². The lowest BCUT2D eigenvalue weighted by molar-refractivity contribution is 0.171. The zero-order valence-corrected chi connectivity index (χ0v) is 10.2. The van der Waals surface area contributed by atoms with Crippen molar-refractivity contribution in [3.05, 3.63) is 0 Å². The van der Waals surface area contributed by atoms with Crippen LogP contribution in [0.5, 0.6) is 0 Å². The summed E-state index contributed by atoms with van der Waals surface area (Å²) in [5.41, 5.74) is 0. The van der Waals surface area contributed by atoms with E-state index in [4.69, 9.17) is 18.3 Å². The smallest absolute Gasteiger partial charge is 0.304 e. The summed E-state index contributed by atoms with van der Waals surface area (Å²) in [5.74, 6) is 0. The van der Waals surface area contributed by atoms with Crippen LogP contribution in [0.2, 0.25) is 0 Å². The lowest BCUT2D eigenvalue weighted by atomic mass is 10.5. The largest absolute Gasteiger partial charge is 0.399 e. The van der Waals surface area contributed by atoms with E-state index in [-0.39, 0.29) is 0 Å². The van der Waals surface area contributed by atoms with Crippen molar-refractivity contribution in [2.45, 2.75) is 20.0 Å². The highest BCUT2D eigenvalue weighted by Gasteiger charge is 2.21. The van der Waals surface area contributed by atoms with E-state index in [1.54, 1.807) is 7.11 Å². The molecule has 1 saturated heterocycles. The third-order valence-corrected chi connectivity index (χ3v) is 2.48. The number of hydrogen-bond acceptors (Lipinski definition) is 4. The molecule has 1 unspecified atom stereocenters. The highest BCUT2D eigenvalue weighted by Crippen LogP contribution is 2.06. The fourth-order valence-electron chi connectivity index (χ4n) is 0.576. The zero-order chi connectivity index (χ0) is 9.94. The second-order valence-electron chi connectivity index (χ2n) is 2.51. The van der Waals surface area contributed by atoms with Crippen LogP contribution in [0.1, 0.15) is 13.8 Å². The molecule has 1 rings (SSSR count). The summed E-state index contributed by atoms with van der Waals surface area (Å²) in [5, 5.41) is 0. The predicted octanol–water partition coefficient (Wildman–Crippen LogP) is 0.0898. The second-order valence-corrected chi connectivity index (χ2v) is 3.57. The molecule has 13 heavy (non-hydrogen) atoms. The van der Waals surface area contributed by atoms with Crippen LogP contribution in [-0.4, -0.2) is 49.6 Å². The summed E-state index contributed by atoms with van der Waals surface area (Å²) >= 11 is 0. The first-order chi connectivity index (χ1) is 6.35. The van der Waals surface area contributed by atoms with Gasteiger partial charge >= 0.3 is 10.0 Å². The average molecular weight is 208 g/mol. The summed E-state index contributed by atoms with van der Waals surface area (Å²) in [6, 6.07) is 0. The highest BCUT2D eigenvalue weighted by atomic mass is 28.3. The van der Waals surface area contributed by atoms with E-state index in [2.05, 4.69) is 0 Å². The number of ether oxygens (including phenoxy) is 2. The van der Waals surface area contributed by atoms with Crippen molar-refractivity contribution in [3.8, 4) is 0 Å². The fourth-order valence-corrected chi connectivity index (χ4v) is 1.03. The van der Waals surface area contributed by atoms with Gasteiger partial charge < -0.3 is 18.3 Å². The molecule has 0 aromatic rings. The molecular weight excluding hydrogens is 188 g/mol. The van der Waals surface area contributed by atoms with Crippen LogP contribution in [0, 0.1) is 0 Å². The highest BCUT2D eigenvalue weighted by molar-refractivity contribution is 6.17. The van der Waals surface area contributed by atoms with Crippen molar-refractivity contribution < 1.29 is 18.3 Å². The van der Waals surface area contributed by atoms with E-state index in [9.17, 15) is 0 Å². The molecule has 0 aromatic heterocycles. The number of rotatable bonds is 6. The minimum atomic E-state index is -0.589. The van der Waals surface area contributed by atoms with E-state index >= 15 is 0 Å². The summed E-state index contributed by atoms with van der Waals surface area (Å²) in [7, 11) is 1.09. The number of methoxy groups -OCH3 is 1. The molecule has 1 aliphatic heterocycles. The van der Waals surface area contributed by atoms with Gasteiger partial charge in [-0.15, -0.1) is 0 Å². The Morgan fingerprint density at radius 3 is 2.08 bits per heavy atom.